The summed E-state index contributed by atoms with van der Waals surface area (Å²) in [6, 6.07) is 8.94. The third-order valence-electron chi connectivity index (χ3n) is 6.79. The van der Waals surface area contributed by atoms with Crippen molar-refractivity contribution >= 4 is 38.7 Å². The predicted molar refractivity (Wildman–Crippen MR) is 163 cm³/mol. The van der Waals surface area contributed by atoms with E-state index in [0.29, 0.717) is 11.3 Å². The van der Waals surface area contributed by atoms with Crippen LogP contribution >= 0.6 is 0 Å². The molecule has 3 aromatic rings. The lowest BCUT2D eigenvalue weighted by atomic mass is 9.86. The number of methoxy groups -OCH3 is 1. The van der Waals surface area contributed by atoms with E-state index < -0.39 is 10.0 Å². The quantitative estimate of drug-likeness (QED) is 0.290. The number of carbonyl (C=O) groups is 1. The van der Waals surface area contributed by atoms with Crippen LogP contribution in [0.3, 0.4) is 0 Å². The highest BCUT2D eigenvalue weighted by Gasteiger charge is 2.24. The second kappa shape index (κ2) is 11.5. The molecule has 0 saturated heterocycles. The van der Waals surface area contributed by atoms with Crippen molar-refractivity contribution < 1.29 is 17.9 Å². The molecular weight excluding hydrogens is 542 g/mol. The van der Waals surface area contributed by atoms with E-state index in [1.807, 2.05) is 51.2 Å². The van der Waals surface area contributed by atoms with E-state index in [9.17, 15) is 13.2 Å². The average Bonchev–Trinajstić information content (AvgIpc) is 3.54. The van der Waals surface area contributed by atoms with Gasteiger partial charge < -0.3 is 14.6 Å². The molecule has 1 aromatic heterocycles. The molecule has 0 bridgehead atoms. The molecule has 0 saturated carbocycles. The number of sulfonamides is 1. The van der Waals surface area contributed by atoms with Gasteiger partial charge in [0.05, 0.1) is 42.3 Å². The largest absolute Gasteiger partial charge is 0.492 e. The first-order valence-electron chi connectivity index (χ1n) is 13.5. The van der Waals surface area contributed by atoms with Gasteiger partial charge in [0.15, 0.2) is 5.75 Å². The Balaban J connectivity index is 1.66. The lowest BCUT2D eigenvalue weighted by Crippen LogP contribution is -2.36. The molecule has 41 heavy (non-hydrogen) atoms. The van der Waals surface area contributed by atoms with Gasteiger partial charge in [0, 0.05) is 24.7 Å². The molecule has 0 spiro atoms. The maximum absolute atomic E-state index is 13.5. The van der Waals surface area contributed by atoms with Crippen molar-refractivity contribution in [3.63, 3.8) is 0 Å². The number of imidazole rings is 1. The number of hydrazine groups is 2. The molecule has 2 heterocycles. The van der Waals surface area contributed by atoms with Crippen LogP contribution in [-0.4, -0.2) is 37.2 Å². The zero-order valence-electron chi connectivity index (χ0n) is 24.8. The van der Waals surface area contributed by atoms with Crippen LogP contribution in [-0.2, 0) is 28.4 Å². The first-order chi connectivity index (χ1) is 19.2. The number of nitrogens with one attached hydrogen (secondary N) is 4. The second-order valence-corrected chi connectivity index (χ2v) is 12.8. The summed E-state index contributed by atoms with van der Waals surface area (Å²) < 4.78 is 34.3. The van der Waals surface area contributed by atoms with Crippen LogP contribution in [0.25, 0.3) is 5.70 Å². The second-order valence-electron chi connectivity index (χ2n) is 11.0. The number of anilines is 3. The fourth-order valence-corrected chi connectivity index (χ4v) is 5.12. The van der Waals surface area contributed by atoms with Gasteiger partial charge in [-0.2, -0.15) is 0 Å². The van der Waals surface area contributed by atoms with Gasteiger partial charge in [-0.15, -0.1) is 5.53 Å². The SMILES string of the molecule is CCc1nc(C2=CN(c3cc(C(=O)Nc4cc(C(C)(C)C)cc(NS(C)(=O)=O)c4OC)ccc3C)NN2)cn1CC. The van der Waals surface area contributed by atoms with Crippen molar-refractivity contribution in [1.82, 2.24) is 20.5 Å². The topological polar surface area (TPSA) is 130 Å². The minimum atomic E-state index is -3.59. The number of carbonyl (C=O) groups excluding carboxylic acids is 1. The van der Waals surface area contributed by atoms with Gasteiger partial charge in [0.2, 0.25) is 10.0 Å². The molecular formula is C29H39N7O4S. The van der Waals surface area contributed by atoms with Crippen LogP contribution in [0.5, 0.6) is 5.75 Å². The van der Waals surface area contributed by atoms with Gasteiger partial charge in [-0.05, 0) is 54.7 Å². The molecule has 12 heteroatoms. The monoisotopic (exact) mass is 581 g/mol. The molecule has 4 N–H and O–H groups in total. The molecule has 11 nitrogen and oxygen atoms in total. The summed E-state index contributed by atoms with van der Waals surface area (Å²) in [6.45, 7) is 13.0. The molecule has 1 amide bonds. The minimum Gasteiger partial charge on any atom is -0.492 e. The third kappa shape index (κ3) is 6.66. The Bertz CT molecular complexity index is 1580. The summed E-state index contributed by atoms with van der Waals surface area (Å²) in [5, 5.41) is 4.74. The zero-order chi connectivity index (χ0) is 30.1. The van der Waals surface area contributed by atoms with E-state index in [4.69, 9.17) is 9.72 Å². The minimum absolute atomic E-state index is 0.222. The van der Waals surface area contributed by atoms with E-state index >= 15 is 0 Å². The van der Waals surface area contributed by atoms with Crippen molar-refractivity contribution in [2.24, 2.45) is 0 Å². The third-order valence-corrected chi connectivity index (χ3v) is 7.39. The van der Waals surface area contributed by atoms with Crippen LogP contribution in [0.1, 0.15) is 67.6 Å². The Kier molecular flexibility index (Phi) is 8.36. The smallest absolute Gasteiger partial charge is 0.255 e. The molecule has 4 rings (SSSR count). The zero-order valence-corrected chi connectivity index (χ0v) is 25.7. The Morgan fingerprint density at radius 1 is 1.12 bits per heavy atom. The molecule has 0 radical (unpaired) electrons. The number of aryl methyl sites for hydroxylation is 3. The summed E-state index contributed by atoms with van der Waals surface area (Å²) >= 11 is 0. The average molecular weight is 582 g/mol. The number of aromatic nitrogens is 2. The fraction of sp³-hybridized carbons (Fsp3) is 0.379. The Labute approximate surface area is 242 Å². The predicted octanol–water partition coefficient (Wildman–Crippen LogP) is 4.53. The van der Waals surface area contributed by atoms with Crippen molar-refractivity contribution in [2.75, 3.05) is 28.4 Å². The number of benzene rings is 2. The van der Waals surface area contributed by atoms with E-state index in [1.54, 1.807) is 24.3 Å². The van der Waals surface area contributed by atoms with Gasteiger partial charge in [0.1, 0.15) is 11.5 Å². The molecule has 1 aliphatic rings. The van der Waals surface area contributed by atoms with Gasteiger partial charge >= 0.3 is 0 Å². The van der Waals surface area contributed by atoms with E-state index in [0.717, 1.165) is 53.3 Å². The van der Waals surface area contributed by atoms with Crippen LogP contribution in [0.15, 0.2) is 42.7 Å². The van der Waals surface area contributed by atoms with Crippen molar-refractivity contribution in [2.45, 2.75) is 59.9 Å². The normalized spacial score (nSPS) is 13.6. The highest BCUT2D eigenvalue weighted by atomic mass is 32.2. The lowest BCUT2D eigenvalue weighted by molar-refractivity contribution is 0.102. The summed E-state index contributed by atoms with van der Waals surface area (Å²) in [5.41, 5.74) is 11.2. The molecule has 0 fully saturated rings. The first-order valence-corrected chi connectivity index (χ1v) is 15.3. The number of hydrogen-bond acceptors (Lipinski definition) is 8. The van der Waals surface area contributed by atoms with Crippen LogP contribution in [0.2, 0.25) is 0 Å². The summed E-state index contributed by atoms with van der Waals surface area (Å²) in [6.07, 6.45) is 5.83. The molecule has 2 aromatic carbocycles. The summed E-state index contributed by atoms with van der Waals surface area (Å²) in [7, 11) is -2.16. The van der Waals surface area contributed by atoms with Crippen LogP contribution in [0.4, 0.5) is 17.1 Å². The molecule has 0 unspecified atom stereocenters. The van der Waals surface area contributed by atoms with Crippen LogP contribution < -0.4 is 30.7 Å². The van der Waals surface area contributed by atoms with E-state index in [-0.39, 0.29) is 22.8 Å². The van der Waals surface area contributed by atoms with Gasteiger partial charge in [-0.25, -0.2) is 13.4 Å². The standard InChI is InChI=1S/C29H39N7O4S/c1-9-26-30-23(16-35(26)10-2)24-17-36(34-32-24)25-13-19(12-11-18(25)3)28(37)31-21-14-20(29(4,5)6)15-22(27(21)40-7)33-41(8,38)39/h11-17,32-34H,9-10H2,1-8H3,(H,31,37). The van der Waals surface area contributed by atoms with Crippen molar-refractivity contribution in [1.29, 1.82) is 0 Å². The highest BCUT2D eigenvalue weighted by Crippen LogP contribution is 2.39. The fourth-order valence-electron chi connectivity index (χ4n) is 4.57. The number of amides is 1. The maximum atomic E-state index is 13.5. The number of nitrogens with zero attached hydrogens (tertiary/aromatic N) is 3. The van der Waals surface area contributed by atoms with Crippen LogP contribution in [0, 0.1) is 6.92 Å². The Morgan fingerprint density at radius 2 is 1.83 bits per heavy atom. The number of rotatable bonds is 9. The van der Waals surface area contributed by atoms with Crippen molar-refractivity contribution in [3.05, 3.63) is 70.9 Å². The Morgan fingerprint density at radius 3 is 2.41 bits per heavy atom. The Hall–Kier alpha value is -4.03. The first kappa shape index (κ1) is 29.9. The van der Waals surface area contributed by atoms with E-state index in [2.05, 4.69) is 39.4 Å². The van der Waals surface area contributed by atoms with E-state index in [1.165, 1.54) is 7.11 Å². The van der Waals surface area contributed by atoms with Gasteiger partial charge in [-0.1, -0.05) is 33.8 Å². The summed E-state index contributed by atoms with van der Waals surface area (Å²) in [4.78, 5) is 18.3. The molecule has 220 valence electrons. The number of ether oxygens (including phenoxy) is 1. The number of hydrogen-bond donors (Lipinski definition) is 4. The highest BCUT2D eigenvalue weighted by molar-refractivity contribution is 7.92. The van der Waals surface area contributed by atoms with Crippen molar-refractivity contribution in [3.8, 4) is 5.75 Å². The maximum Gasteiger partial charge on any atom is 0.255 e. The molecule has 1 aliphatic heterocycles. The molecule has 0 atom stereocenters. The molecule has 0 aliphatic carbocycles. The lowest BCUT2D eigenvalue weighted by Gasteiger charge is -2.24. The summed E-state index contributed by atoms with van der Waals surface area (Å²) in [5.74, 6) is 0.867. The van der Waals surface area contributed by atoms with Gasteiger partial charge in [0.25, 0.3) is 5.91 Å². The van der Waals surface area contributed by atoms with Gasteiger partial charge in [-0.3, -0.25) is 20.0 Å².